The molecule has 5 nitrogen and oxygen atoms in total. The van der Waals surface area contributed by atoms with Crippen LogP contribution in [0.1, 0.15) is 0 Å². The van der Waals surface area contributed by atoms with Gasteiger partial charge in [0, 0.05) is 5.39 Å². The molecule has 1 atom stereocenters. The number of aliphatic hydroxyl groups excluding tert-OH is 2. The number of benzene rings is 1. The standard InChI is InChI=1S/C11H12N2O3/c14-7-9(15)6-13-11(16)10-4-2-1-3-8(10)5-12-13/h1-5,9,14-15H,6-7H2. The summed E-state index contributed by atoms with van der Waals surface area (Å²) in [6.45, 7) is -0.388. The molecule has 0 aliphatic rings. The fourth-order valence-electron chi connectivity index (χ4n) is 1.52. The highest BCUT2D eigenvalue weighted by atomic mass is 16.3. The third kappa shape index (κ3) is 1.95. The summed E-state index contributed by atoms with van der Waals surface area (Å²) in [5, 5.41) is 23.2. The van der Waals surface area contributed by atoms with Crippen LogP contribution in [0.4, 0.5) is 0 Å². The summed E-state index contributed by atoms with van der Waals surface area (Å²) in [6.07, 6.45) is 0.604. The number of hydrogen-bond donors (Lipinski definition) is 2. The van der Waals surface area contributed by atoms with E-state index < -0.39 is 6.10 Å². The van der Waals surface area contributed by atoms with E-state index in [2.05, 4.69) is 5.10 Å². The van der Waals surface area contributed by atoms with Gasteiger partial charge in [-0.3, -0.25) is 4.79 Å². The summed E-state index contributed by atoms with van der Waals surface area (Å²) in [5.74, 6) is 0. The Hall–Kier alpha value is -1.72. The summed E-state index contributed by atoms with van der Waals surface area (Å²) in [5.41, 5.74) is -0.259. The van der Waals surface area contributed by atoms with Crippen molar-refractivity contribution >= 4 is 10.8 Å². The van der Waals surface area contributed by atoms with Gasteiger partial charge in [-0.1, -0.05) is 18.2 Å². The van der Waals surface area contributed by atoms with E-state index >= 15 is 0 Å². The molecule has 0 spiro atoms. The highest BCUT2D eigenvalue weighted by Gasteiger charge is 2.07. The van der Waals surface area contributed by atoms with Gasteiger partial charge in [0.05, 0.1) is 30.8 Å². The van der Waals surface area contributed by atoms with Crippen molar-refractivity contribution in [2.75, 3.05) is 6.61 Å². The van der Waals surface area contributed by atoms with Gasteiger partial charge in [-0.15, -0.1) is 0 Å². The van der Waals surface area contributed by atoms with Crippen molar-refractivity contribution in [2.45, 2.75) is 12.6 Å². The van der Waals surface area contributed by atoms with E-state index in [0.29, 0.717) is 5.39 Å². The minimum Gasteiger partial charge on any atom is -0.394 e. The Labute approximate surface area is 91.6 Å². The SMILES string of the molecule is O=c1c2ccccc2cnn1CC(O)CO. The van der Waals surface area contributed by atoms with Crippen LogP contribution in [0.2, 0.25) is 0 Å². The highest BCUT2D eigenvalue weighted by Crippen LogP contribution is 2.06. The third-order valence-electron chi connectivity index (χ3n) is 2.36. The maximum absolute atomic E-state index is 11.9. The van der Waals surface area contributed by atoms with Crippen molar-refractivity contribution in [2.24, 2.45) is 0 Å². The number of hydrogen-bond acceptors (Lipinski definition) is 4. The molecule has 2 aromatic rings. The van der Waals surface area contributed by atoms with Crippen LogP contribution in [0.5, 0.6) is 0 Å². The van der Waals surface area contributed by atoms with Crippen molar-refractivity contribution in [3.63, 3.8) is 0 Å². The number of aromatic nitrogens is 2. The molecule has 0 saturated heterocycles. The second-order valence-electron chi connectivity index (χ2n) is 3.56. The van der Waals surface area contributed by atoms with E-state index in [9.17, 15) is 9.90 Å². The van der Waals surface area contributed by atoms with Crippen molar-refractivity contribution in [1.82, 2.24) is 9.78 Å². The molecule has 0 radical (unpaired) electrons. The van der Waals surface area contributed by atoms with Gasteiger partial charge in [-0.2, -0.15) is 5.10 Å². The van der Waals surface area contributed by atoms with Crippen molar-refractivity contribution in [3.05, 3.63) is 40.8 Å². The normalized spacial score (nSPS) is 12.9. The molecule has 1 heterocycles. The van der Waals surface area contributed by atoms with Crippen LogP contribution >= 0.6 is 0 Å². The second kappa shape index (κ2) is 4.42. The molecular formula is C11H12N2O3. The summed E-state index contributed by atoms with van der Waals surface area (Å²) in [7, 11) is 0. The van der Waals surface area contributed by atoms with E-state index in [1.165, 1.54) is 0 Å². The van der Waals surface area contributed by atoms with Crippen LogP contribution in [-0.4, -0.2) is 32.7 Å². The minimum atomic E-state index is -0.966. The Kier molecular flexibility index (Phi) is 2.98. The molecule has 1 unspecified atom stereocenters. The average Bonchev–Trinajstić information content (AvgIpc) is 2.33. The molecule has 0 aliphatic carbocycles. The average molecular weight is 220 g/mol. The summed E-state index contributed by atoms with van der Waals surface area (Å²) < 4.78 is 1.16. The Morgan fingerprint density at radius 2 is 2.12 bits per heavy atom. The van der Waals surface area contributed by atoms with Crippen LogP contribution in [-0.2, 0) is 6.54 Å². The van der Waals surface area contributed by atoms with Gasteiger partial charge in [0.2, 0.25) is 0 Å². The Balaban J connectivity index is 2.49. The fourth-order valence-corrected chi connectivity index (χ4v) is 1.52. The maximum Gasteiger partial charge on any atom is 0.274 e. The lowest BCUT2D eigenvalue weighted by Gasteiger charge is -2.09. The lowest BCUT2D eigenvalue weighted by atomic mass is 10.2. The van der Waals surface area contributed by atoms with E-state index in [4.69, 9.17) is 5.11 Å². The smallest absolute Gasteiger partial charge is 0.274 e. The molecule has 0 aliphatic heterocycles. The predicted molar refractivity (Wildman–Crippen MR) is 59.1 cm³/mol. The molecule has 1 aromatic carbocycles. The first-order valence-corrected chi connectivity index (χ1v) is 4.96. The largest absolute Gasteiger partial charge is 0.394 e. The molecule has 84 valence electrons. The second-order valence-corrected chi connectivity index (χ2v) is 3.56. The fraction of sp³-hybridized carbons (Fsp3) is 0.273. The molecule has 0 amide bonds. The first-order valence-electron chi connectivity index (χ1n) is 4.96. The van der Waals surface area contributed by atoms with Crippen molar-refractivity contribution in [3.8, 4) is 0 Å². The van der Waals surface area contributed by atoms with Gasteiger partial charge in [0.25, 0.3) is 5.56 Å². The first-order chi connectivity index (χ1) is 7.72. The van der Waals surface area contributed by atoms with Crippen LogP contribution in [0, 0.1) is 0 Å². The van der Waals surface area contributed by atoms with E-state index in [1.54, 1.807) is 24.4 Å². The molecule has 2 rings (SSSR count). The van der Waals surface area contributed by atoms with Gasteiger partial charge in [0.1, 0.15) is 0 Å². The first kappa shape index (κ1) is 10.8. The van der Waals surface area contributed by atoms with Gasteiger partial charge >= 0.3 is 0 Å². The molecular weight excluding hydrogens is 208 g/mol. The minimum absolute atomic E-state index is 0.000166. The zero-order chi connectivity index (χ0) is 11.5. The lowest BCUT2D eigenvalue weighted by molar-refractivity contribution is 0.0771. The zero-order valence-corrected chi connectivity index (χ0v) is 8.58. The Morgan fingerprint density at radius 3 is 2.88 bits per heavy atom. The molecule has 0 saturated carbocycles. The third-order valence-corrected chi connectivity index (χ3v) is 2.36. The monoisotopic (exact) mass is 220 g/mol. The van der Waals surface area contributed by atoms with E-state index in [1.807, 2.05) is 6.07 Å². The molecule has 0 bridgehead atoms. The van der Waals surface area contributed by atoms with Crippen LogP contribution in [0.15, 0.2) is 35.3 Å². The Morgan fingerprint density at radius 1 is 1.38 bits per heavy atom. The lowest BCUT2D eigenvalue weighted by Crippen LogP contribution is -2.30. The van der Waals surface area contributed by atoms with E-state index in [-0.39, 0.29) is 18.7 Å². The Bertz CT molecular complexity index is 550. The number of fused-ring (bicyclic) bond motifs is 1. The van der Waals surface area contributed by atoms with Gasteiger partial charge < -0.3 is 10.2 Å². The number of aliphatic hydroxyl groups is 2. The zero-order valence-electron chi connectivity index (χ0n) is 8.58. The summed E-state index contributed by atoms with van der Waals surface area (Å²) in [6, 6.07) is 7.12. The van der Waals surface area contributed by atoms with Gasteiger partial charge in [0.15, 0.2) is 0 Å². The van der Waals surface area contributed by atoms with Crippen LogP contribution < -0.4 is 5.56 Å². The molecule has 5 heteroatoms. The summed E-state index contributed by atoms with van der Waals surface area (Å²) >= 11 is 0. The number of rotatable bonds is 3. The highest BCUT2D eigenvalue weighted by molar-refractivity contribution is 5.80. The van der Waals surface area contributed by atoms with Crippen LogP contribution in [0.25, 0.3) is 10.8 Å². The molecule has 2 N–H and O–H groups in total. The quantitative estimate of drug-likeness (QED) is 0.748. The van der Waals surface area contributed by atoms with Gasteiger partial charge in [-0.05, 0) is 6.07 Å². The molecule has 16 heavy (non-hydrogen) atoms. The topological polar surface area (TPSA) is 75.4 Å². The van der Waals surface area contributed by atoms with Crippen molar-refractivity contribution < 1.29 is 10.2 Å². The van der Waals surface area contributed by atoms with E-state index in [0.717, 1.165) is 10.1 Å². The predicted octanol–water partition coefficient (Wildman–Crippen LogP) is -0.250. The molecule has 1 aromatic heterocycles. The van der Waals surface area contributed by atoms with Gasteiger partial charge in [-0.25, -0.2) is 4.68 Å². The van der Waals surface area contributed by atoms with Crippen LogP contribution in [0.3, 0.4) is 0 Å². The summed E-state index contributed by atoms with van der Waals surface area (Å²) in [4.78, 5) is 11.9. The maximum atomic E-state index is 11.9. The van der Waals surface area contributed by atoms with Crippen molar-refractivity contribution in [1.29, 1.82) is 0 Å². The molecule has 0 fully saturated rings. The number of nitrogens with zero attached hydrogens (tertiary/aromatic N) is 2.